The number of aromatic nitrogens is 3. The number of nitrogens with zero attached hydrogens (tertiary/aromatic N) is 6. The number of hydrogen-bond donors (Lipinski definition) is 1. The van der Waals surface area contributed by atoms with Crippen molar-refractivity contribution < 1.29 is 22.4 Å². The molecule has 2 aromatic carbocycles. The summed E-state index contributed by atoms with van der Waals surface area (Å²) in [4.78, 5) is 18.0. The number of hydrogen-bond acceptors (Lipinski definition) is 6. The van der Waals surface area contributed by atoms with E-state index in [1.807, 2.05) is 6.07 Å². The van der Waals surface area contributed by atoms with E-state index in [9.17, 15) is 27.6 Å². The standard InChI is InChI=1S/C25H17F4N7O/c1-14-19(13-31)20(16-7-5-15(12-30)6-8-16)36-23(33-22(34-36)32-21(37)24(26)9-10-24)35(14)18-4-2-3-17(11-18)25(27,28)29/h2-8,11,20H,9-10H2,1H3,(H,32,34,37). The minimum Gasteiger partial charge on any atom is -0.290 e. The number of nitrogens with one attached hydrogen (secondary N) is 1. The van der Waals surface area contributed by atoms with Crippen molar-refractivity contribution in [3.63, 3.8) is 0 Å². The lowest BCUT2D eigenvalue weighted by Crippen LogP contribution is -2.31. The minimum atomic E-state index is -4.61. The maximum atomic E-state index is 14.3. The maximum absolute atomic E-state index is 14.3. The third-order valence-corrected chi connectivity index (χ3v) is 6.29. The van der Waals surface area contributed by atoms with Gasteiger partial charge in [-0.2, -0.15) is 28.7 Å². The Bertz CT molecular complexity index is 1520. The summed E-state index contributed by atoms with van der Waals surface area (Å²) in [7, 11) is 0. The van der Waals surface area contributed by atoms with Crippen LogP contribution < -0.4 is 10.2 Å². The quantitative estimate of drug-likeness (QED) is 0.489. The lowest BCUT2D eigenvalue weighted by Gasteiger charge is -2.34. The average molecular weight is 507 g/mol. The number of anilines is 3. The highest BCUT2D eigenvalue weighted by Crippen LogP contribution is 2.44. The highest BCUT2D eigenvalue weighted by Gasteiger charge is 2.51. The van der Waals surface area contributed by atoms with Crippen LogP contribution in [0.2, 0.25) is 0 Å². The third-order valence-electron chi connectivity index (χ3n) is 6.29. The van der Waals surface area contributed by atoms with E-state index in [4.69, 9.17) is 5.26 Å². The number of fused-ring (bicyclic) bond motifs is 1. The molecule has 2 aliphatic rings. The lowest BCUT2D eigenvalue weighted by atomic mass is 9.95. The van der Waals surface area contributed by atoms with Crippen molar-refractivity contribution in [2.45, 2.75) is 37.7 Å². The predicted octanol–water partition coefficient (Wildman–Crippen LogP) is 5.15. The Balaban J connectivity index is 1.68. The van der Waals surface area contributed by atoms with Gasteiger partial charge in [-0.3, -0.25) is 15.0 Å². The number of carbonyl (C=O) groups excluding carboxylic acids is 1. The fourth-order valence-corrected chi connectivity index (χ4v) is 4.15. The van der Waals surface area contributed by atoms with Gasteiger partial charge in [0.25, 0.3) is 11.9 Å². The molecule has 12 heteroatoms. The van der Waals surface area contributed by atoms with Crippen molar-refractivity contribution >= 4 is 23.5 Å². The summed E-state index contributed by atoms with van der Waals surface area (Å²) in [6.45, 7) is 1.56. The van der Waals surface area contributed by atoms with E-state index in [1.54, 1.807) is 31.2 Å². The Kier molecular flexibility index (Phi) is 5.48. The van der Waals surface area contributed by atoms with Crippen molar-refractivity contribution in [2.75, 3.05) is 10.2 Å². The van der Waals surface area contributed by atoms with Crippen molar-refractivity contribution in [2.24, 2.45) is 0 Å². The average Bonchev–Trinajstić information content (AvgIpc) is 3.50. The molecule has 2 heterocycles. The Labute approximate surface area is 208 Å². The Hall–Kier alpha value is -4.71. The van der Waals surface area contributed by atoms with Gasteiger partial charge in [0.2, 0.25) is 5.95 Å². The second-order valence-electron chi connectivity index (χ2n) is 8.73. The number of allylic oxidation sites excluding steroid dienone is 2. The molecule has 1 fully saturated rings. The van der Waals surface area contributed by atoms with E-state index in [-0.39, 0.29) is 41.7 Å². The summed E-state index contributed by atoms with van der Waals surface area (Å²) in [6.07, 6.45) is -4.48. The summed E-state index contributed by atoms with van der Waals surface area (Å²) in [6, 6.07) is 14.1. The normalized spacial score (nSPS) is 18.0. The maximum Gasteiger partial charge on any atom is 0.416 e. The largest absolute Gasteiger partial charge is 0.416 e. The number of nitriles is 2. The van der Waals surface area contributed by atoms with E-state index in [0.29, 0.717) is 11.1 Å². The molecule has 0 bridgehead atoms. The van der Waals surface area contributed by atoms with Crippen LogP contribution in [0.1, 0.15) is 42.5 Å². The molecule has 1 amide bonds. The second kappa shape index (κ2) is 8.45. The molecule has 8 nitrogen and oxygen atoms in total. The van der Waals surface area contributed by atoms with Gasteiger partial charge >= 0.3 is 6.18 Å². The number of rotatable bonds is 4. The predicted molar refractivity (Wildman–Crippen MR) is 123 cm³/mol. The van der Waals surface area contributed by atoms with Gasteiger partial charge in [0.1, 0.15) is 6.04 Å². The van der Waals surface area contributed by atoms with Gasteiger partial charge in [-0.25, -0.2) is 9.07 Å². The highest BCUT2D eigenvalue weighted by molar-refractivity contribution is 5.98. The summed E-state index contributed by atoms with van der Waals surface area (Å²) >= 11 is 0. The van der Waals surface area contributed by atoms with Crippen LogP contribution in [0.3, 0.4) is 0 Å². The Morgan fingerprint density at radius 2 is 1.84 bits per heavy atom. The van der Waals surface area contributed by atoms with E-state index in [2.05, 4.69) is 21.5 Å². The van der Waals surface area contributed by atoms with Crippen LogP contribution in [0.25, 0.3) is 0 Å². The minimum absolute atomic E-state index is 0.0178. The van der Waals surface area contributed by atoms with Gasteiger partial charge in [-0.1, -0.05) is 18.2 Å². The van der Waals surface area contributed by atoms with Crippen molar-refractivity contribution in [3.8, 4) is 12.1 Å². The van der Waals surface area contributed by atoms with E-state index in [1.165, 1.54) is 21.7 Å². The number of carbonyl (C=O) groups is 1. The SMILES string of the molecule is CC1=C(C#N)C(c2ccc(C#N)cc2)n2nc(NC(=O)C3(F)CC3)nc2N1c1cccc(C(F)(F)F)c1. The fourth-order valence-electron chi connectivity index (χ4n) is 4.15. The van der Waals surface area contributed by atoms with Crippen LogP contribution in [-0.4, -0.2) is 26.3 Å². The smallest absolute Gasteiger partial charge is 0.290 e. The van der Waals surface area contributed by atoms with E-state index in [0.717, 1.165) is 12.1 Å². The van der Waals surface area contributed by atoms with Gasteiger partial charge in [0.15, 0.2) is 5.67 Å². The first-order valence-electron chi connectivity index (χ1n) is 11.1. The molecule has 37 heavy (non-hydrogen) atoms. The van der Waals surface area contributed by atoms with Gasteiger partial charge in [-0.15, -0.1) is 5.10 Å². The Morgan fingerprint density at radius 3 is 2.43 bits per heavy atom. The van der Waals surface area contributed by atoms with Crippen LogP contribution in [0.15, 0.2) is 59.8 Å². The number of alkyl halides is 4. The number of halogens is 4. The molecule has 0 radical (unpaired) electrons. The molecule has 186 valence electrons. The van der Waals surface area contributed by atoms with Gasteiger partial charge in [0.05, 0.1) is 28.8 Å². The zero-order chi connectivity index (χ0) is 26.5. The topological polar surface area (TPSA) is 111 Å². The van der Waals surface area contributed by atoms with Gasteiger partial charge in [0, 0.05) is 11.4 Å². The van der Waals surface area contributed by atoms with Crippen LogP contribution in [0, 0.1) is 22.7 Å². The lowest BCUT2D eigenvalue weighted by molar-refractivity contribution is -0.137. The first-order chi connectivity index (χ1) is 17.6. The highest BCUT2D eigenvalue weighted by atomic mass is 19.4. The molecule has 1 aromatic heterocycles. The molecule has 3 aromatic rings. The molecular weight excluding hydrogens is 490 g/mol. The van der Waals surface area contributed by atoms with E-state index < -0.39 is 29.4 Å². The van der Waals surface area contributed by atoms with Gasteiger partial charge < -0.3 is 0 Å². The number of benzene rings is 2. The van der Waals surface area contributed by atoms with Gasteiger partial charge in [-0.05, 0) is 55.7 Å². The molecule has 1 unspecified atom stereocenters. The Morgan fingerprint density at radius 1 is 1.14 bits per heavy atom. The second-order valence-corrected chi connectivity index (χ2v) is 8.73. The molecule has 1 N–H and O–H groups in total. The molecule has 5 rings (SSSR count). The summed E-state index contributed by atoms with van der Waals surface area (Å²) < 4.78 is 56.0. The molecule has 1 aliphatic heterocycles. The van der Waals surface area contributed by atoms with E-state index >= 15 is 0 Å². The van der Waals surface area contributed by atoms with Crippen molar-refractivity contribution in [1.29, 1.82) is 10.5 Å². The number of amides is 1. The molecule has 1 atom stereocenters. The summed E-state index contributed by atoms with van der Waals surface area (Å²) in [5.41, 5.74) is -1.47. The van der Waals surface area contributed by atoms with Crippen LogP contribution in [0.5, 0.6) is 0 Å². The molecule has 0 saturated heterocycles. The zero-order valence-corrected chi connectivity index (χ0v) is 19.2. The van der Waals surface area contributed by atoms with Crippen LogP contribution in [-0.2, 0) is 11.0 Å². The summed E-state index contributed by atoms with van der Waals surface area (Å²) in [5.74, 6) is -1.16. The monoisotopic (exact) mass is 507 g/mol. The summed E-state index contributed by atoms with van der Waals surface area (Å²) in [5, 5.41) is 25.9. The molecule has 0 spiro atoms. The fraction of sp³-hybridized carbons (Fsp3) is 0.240. The molecule has 1 saturated carbocycles. The first kappa shape index (κ1) is 24.0. The van der Waals surface area contributed by atoms with Crippen LogP contribution >= 0.6 is 0 Å². The van der Waals surface area contributed by atoms with Crippen molar-refractivity contribution in [3.05, 3.63) is 76.5 Å². The van der Waals surface area contributed by atoms with Crippen molar-refractivity contribution in [1.82, 2.24) is 14.8 Å². The van der Waals surface area contributed by atoms with Crippen LogP contribution in [0.4, 0.5) is 35.1 Å². The zero-order valence-electron chi connectivity index (χ0n) is 19.2. The molecule has 1 aliphatic carbocycles. The first-order valence-corrected chi connectivity index (χ1v) is 11.1. The third kappa shape index (κ3) is 4.16. The molecular formula is C25H17F4N7O.